The maximum absolute atomic E-state index is 12.9. The molecule has 2 aliphatic heterocycles. The molecule has 128 valence electrons. The smallest absolute Gasteiger partial charge is 0.393 e. The number of alkyl halides is 3. The quantitative estimate of drug-likeness (QED) is 0.821. The molecular formula is C14H16F3NO4S. The predicted octanol–water partition coefficient (Wildman–Crippen LogP) is 2.42. The molecule has 0 aromatic heterocycles. The Balaban J connectivity index is 1.86. The van der Waals surface area contributed by atoms with Gasteiger partial charge in [0.1, 0.15) is 13.2 Å². The van der Waals surface area contributed by atoms with Crippen LogP contribution in [0.25, 0.3) is 0 Å². The molecule has 1 aromatic carbocycles. The SMILES string of the molecule is O=S(=O)(c1ccc2c(c1)OCCO2)N1CCCC(C(F)(F)F)C1. The van der Waals surface area contributed by atoms with Gasteiger partial charge in [-0.05, 0) is 25.0 Å². The van der Waals surface area contributed by atoms with E-state index in [1.165, 1.54) is 18.2 Å². The highest BCUT2D eigenvalue weighted by Gasteiger charge is 2.44. The number of piperidine rings is 1. The van der Waals surface area contributed by atoms with E-state index in [1.54, 1.807) is 0 Å². The van der Waals surface area contributed by atoms with E-state index in [0.29, 0.717) is 24.7 Å². The van der Waals surface area contributed by atoms with Crippen molar-refractivity contribution in [3.05, 3.63) is 18.2 Å². The summed E-state index contributed by atoms with van der Waals surface area (Å²) < 4.78 is 75.4. The topological polar surface area (TPSA) is 55.8 Å². The second-order valence-corrected chi connectivity index (χ2v) is 7.49. The van der Waals surface area contributed by atoms with Crippen molar-refractivity contribution < 1.29 is 31.1 Å². The van der Waals surface area contributed by atoms with Crippen LogP contribution in [0.15, 0.2) is 23.1 Å². The third kappa shape index (κ3) is 3.25. The highest BCUT2D eigenvalue weighted by atomic mass is 32.2. The molecule has 1 aromatic rings. The number of nitrogens with zero attached hydrogens (tertiary/aromatic N) is 1. The average molecular weight is 351 g/mol. The highest BCUT2D eigenvalue weighted by Crippen LogP contribution is 2.37. The van der Waals surface area contributed by atoms with Gasteiger partial charge in [-0.25, -0.2) is 8.42 Å². The molecule has 0 radical (unpaired) electrons. The molecule has 1 atom stereocenters. The van der Waals surface area contributed by atoms with Gasteiger partial charge < -0.3 is 9.47 Å². The van der Waals surface area contributed by atoms with Crippen molar-refractivity contribution in [2.45, 2.75) is 23.9 Å². The average Bonchev–Trinajstić information content (AvgIpc) is 2.53. The molecular weight excluding hydrogens is 335 g/mol. The molecule has 0 spiro atoms. The van der Waals surface area contributed by atoms with Gasteiger partial charge in [0.15, 0.2) is 11.5 Å². The van der Waals surface area contributed by atoms with Crippen molar-refractivity contribution in [1.82, 2.24) is 4.31 Å². The van der Waals surface area contributed by atoms with Gasteiger partial charge in [-0.2, -0.15) is 17.5 Å². The maximum atomic E-state index is 12.9. The fraction of sp³-hybridized carbons (Fsp3) is 0.571. The molecule has 0 amide bonds. The van der Waals surface area contributed by atoms with Gasteiger partial charge in [-0.15, -0.1) is 0 Å². The van der Waals surface area contributed by atoms with Crippen molar-refractivity contribution in [2.75, 3.05) is 26.3 Å². The molecule has 0 aliphatic carbocycles. The maximum Gasteiger partial charge on any atom is 0.393 e. The summed E-state index contributed by atoms with van der Waals surface area (Å²) in [7, 11) is -3.99. The Kier molecular flexibility index (Phi) is 4.18. The fourth-order valence-electron chi connectivity index (χ4n) is 2.76. The second-order valence-electron chi connectivity index (χ2n) is 5.55. The van der Waals surface area contributed by atoms with Gasteiger partial charge in [0.05, 0.1) is 10.8 Å². The van der Waals surface area contributed by atoms with Crippen LogP contribution in [0.1, 0.15) is 12.8 Å². The van der Waals surface area contributed by atoms with E-state index >= 15 is 0 Å². The standard InChI is InChI=1S/C14H16F3NO4S/c15-14(16,17)10-2-1-5-18(9-10)23(19,20)11-3-4-12-13(8-11)22-7-6-21-12/h3-4,8,10H,1-2,5-7,9H2. The first-order valence-electron chi connectivity index (χ1n) is 7.25. The molecule has 2 heterocycles. The second kappa shape index (κ2) is 5.86. The molecule has 1 unspecified atom stereocenters. The Morgan fingerprint density at radius 3 is 2.52 bits per heavy atom. The lowest BCUT2D eigenvalue weighted by atomic mass is 9.99. The fourth-order valence-corrected chi connectivity index (χ4v) is 4.30. The van der Waals surface area contributed by atoms with Gasteiger partial charge in [0.2, 0.25) is 10.0 Å². The number of hydrogen-bond donors (Lipinski definition) is 0. The van der Waals surface area contributed by atoms with Crippen LogP contribution < -0.4 is 9.47 Å². The van der Waals surface area contributed by atoms with Gasteiger partial charge in [0.25, 0.3) is 0 Å². The minimum atomic E-state index is -4.39. The summed E-state index contributed by atoms with van der Waals surface area (Å²) in [5.74, 6) is -0.896. The molecule has 0 bridgehead atoms. The zero-order chi connectivity index (χ0) is 16.7. The number of ether oxygens (including phenoxy) is 2. The first-order valence-corrected chi connectivity index (χ1v) is 8.69. The van der Waals surface area contributed by atoms with Crippen molar-refractivity contribution in [2.24, 2.45) is 5.92 Å². The molecule has 23 heavy (non-hydrogen) atoms. The Morgan fingerprint density at radius 1 is 1.13 bits per heavy atom. The molecule has 2 aliphatic rings. The number of benzene rings is 1. The Morgan fingerprint density at radius 2 is 1.83 bits per heavy atom. The minimum absolute atomic E-state index is 0.0450. The van der Waals surface area contributed by atoms with Crippen molar-refractivity contribution in [1.29, 1.82) is 0 Å². The molecule has 9 heteroatoms. The Labute approximate surface area is 132 Å². The van der Waals surface area contributed by atoms with Gasteiger partial charge in [-0.3, -0.25) is 0 Å². The highest BCUT2D eigenvalue weighted by molar-refractivity contribution is 7.89. The van der Waals surface area contributed by atoms with E-state index in [0.717, 1.165) is 4.31 Å². The van der Waals surface area contributed by atoms with Crippen LogP contribution in [0.3, 0.4) is 0 Å². The van der Waals surface area contributed by atoms with Gasteiger partial charge in [-0.1, -0.05) is 0 Å². The molecule has 3 rings (SSSR count). The van der Waals surface area contributed by atoms with E-state index in [-0.39, 0.29) is 24.3 Å². The van der Waals surface area contributed by atoms with Crippen molar-refractivity contribution >= 4 is 10.0 Å². The summed E-state index contributed by atoms with van der Waals surface area (Å²) in [4.78, 5) is -0.0791. The van der Waals surface area contributed by atoms with Crippen LogP contribution in [0, 0.1) is 5.92 Å². The predicted molar refractivity (Wildman–Crippen MR) is 75.0 cm³/mol. The molecule has 1 fully saturated rings. The van der Waals surface area contributed by atoms with Crippen LogP contribution in [-0.2, 0) is 10.0 Å². The van der Waals surface area contributed by atoms with Gasteiger partial charge >= 0.3 is 6.18 Å². The van der Waals surface area contributed by atoms with E-state index in [2.05, 4.69) is 0 Å². The number of sulfonamides is 1. The van der Waals surface area contributed by atoms with Gasteiger partial charge in [0, 0.05) is 19.2 Å². The first kappa shape index (κ1) is 16.4. The minimum Gasteiger partial charge on any atom is -0.486 e. The van der Waals surface area contributed by atoms with Crippen LogP contribution in [0.2, 0.25) is 0 Å². The summed E-state index contributed by atoms with van der Waals surface area (Å²) >= 11 is 0. The van der Waals surface area contributed by atoms with Crippen LogP contribution in [-0.4, -0.2) is 45.2 Å². The molecule has 1 saturated heterocycles. The van der Waals surface area contributed by atoms with E-state index in [9.17, 15) is 21.6 Å². The third-order valence-corrected chi connectivity index (χ3v) is 5.86. The number of hydrogen-bond acceptors (Lipinski definition) is 4. The summed E-state index contributed by atoms with van der Waals surface area (Å²) in [6.45, 7) is 0.221. The lowest BCUT2D eigenvalue weighted by Crippen LogP contribution is -2.44. The number of halogens is 3. The van der Waals surface area contributed by atoms with Crippen LogP contribution in [0.5, 0.6) is 11.5 Å². The summed E-state index contributed by atoms with van der Waals surface area (Å²) in [5, 5.41) is 0. The molecule has 0 N–H and O–H groups in total. The first-order chi connectivity index (χ1) is 10.8. The largest absolute Gasteiger partial charge is 0.486 e. The third-order valence-electron chi connectivity index (χ3n) is 4.00. The number of rotatable bonds is 2. The lowest BCUT2D eigenvalue weighted by molar-refractivity contribution is -0.182. The monoisotopic (exact) mass is 351 g/mol. The Bertz CT molecular complexity index is 690. The zero-order valence-electron chi connectivity index (χ0n) is 12.2. The molecule has 0 saturated carbocycles. The number of fused-ring (bicyclic) bond motifs is 1. The Hall–Kier alpha value is -1.48. The lowest BCUT2D eigenvalue weighted by Gasteiger charge is -2.33. The van der Waals surface area contributed by atoms with Crippen molar-refractivity contribution in [3.8, 4) is 11.5 Å². The van der Waals surface area contributed by atoms with E-state index < -0.39 is 28.7 Å². The zero-order valence-corrected chi connectivity index (χ0v) is 13.0. The normalized spacial score (nSPS) is 22.8. The van der Waals surface area contributed by atoms with Crippen LogP contribution >= 0.6 is 0 Å². The van der Waals surface area contributed by atoms with Crippen LogP contribution in [0.4, 0.5) is 13.2 Å². The summed E-state index contributed by atoms with van der Waals surface area (Å²) in [5.41, 5.74) is 0. The molecule has 5 nitrogen and oxygen atoms in total. The van der Waals surface area contributed by atoms with E-state index in [1.807, 2.05) is 0 Å². The summed E-state index contributed by atoms with van der Waals surface area (Å²) in [6.07, 6.45) is -4.24. The van der Waals surface area contributed by atoms with Crippen molar-refractivity contribution in [3.63, 3.8) is 0 Å². The van der Waals surface area contributed by atoms with E-state index in [4.69, 9.17) is 9.47 Å². The summed E-state index contributed by atoms with van der Waals surface area (Å²) in [6, 6.07) is 4.10.